The van der Waals surface area contributed by atoms with Gasteiger partial charge in [0.15, 0.2) is 0 Å². The van der Waals surface area contributed by atoms with Gasteiger partial charge in [-0.1, -0.05) is 30.3 Å². The predicted molar refractivity (Wildman–Crippen MR) is 85.2 cm³/mol. The van der Waals surface area contributed by atoms with Crippen molar-refractivity contribution < 1.29 is 0 Å². The van der Waals surface area contributed by atoms with Crippen LogP contribution in [0.2, 0.25) is 0 Å². The fourth-order valence-corrected chi connectivity index (χ4v) is 2.92. The second kappa shape index (κ2) is 6.89. The van der Waals surface area contributed by atoms with Gasteiger partial charge in [-0.05, 0) is 40.0 Å². The molecule has 1 atom stereocenters. The fourth-order valence-electron chi connectivity index (χ4n) is 1.76. The van der Waals surface area contributed by atoms with Gasteiger partial charge in [0.2, 0.25) is 0 Å². The maximum Gasteiger partial charge on any atom is 0.130 e. The molecule has 1 unspecified atom stereocenters. The number of aromatic nitrogens is 1. The van der Waals surface area contributed by atoms with Crippen LogP contribution >= 0.6 is 27.7 Å². The molecule has 0 amide bonds. The number of nitriles is 1. The Hall–Kier alpha value is -1.35. The van der Waals surface area contributed by atoms with Crippen molar-refractivity contribution in [3.8, 4) is 6.07 Å². The van der Waals surface area contributed by atoms with E-state index in [2.05, 4.69) is 27.0 Å². The summed E-state index contributed by atoms with van der Waals surface area (Å²) in [6.07, 6.45) is 2.34. The zero-order valence-corrected chi connectivity index (χ0v) is 13.2. The highest BCUT2D eigenvalue weighted by Crippen LogP contribution is 2.26. The van der Waals surface area contributed by atoms with Crippen molar-refractivity contribution in [3.05, 3.63) is 58.7 Å². The van der Waals surface area contributed by atoms with Gasteiger partial charge in [-0.3, -0.25) is 0 Å². The third-order valence-electron chi connectivity index (χ3n) is 2.94. The van der Waals surface area contributed by atoms with E-state index in [1.807, 2.05) is 42.5 Å². The van der Waals surface area contributed by atoms with E-state index >= 15 is 0 Å². The van der Waals surface area contributed by atoms with Crippen LogP contribution in [0.4, 0.5) is 0 Å². The standard InChI is InChI=1S/C15H14BrN3S/c16-13-6-7-14(19-10-13)20-9-8-15(18,11-17)12-4-2-1-3-5-12/h1-7,10H,8-9,18H2. The number of rotatable bonds is 5. The molecule has 1 aromatic carbocycles. The monoisotopic (exact) mass is 347 g/mol. The summed E-state index contributed by atoms with van der Waals surface area (Å²) in [6, 6.07) is 15.6. The first-order valence-corrected chi connectivity index (χ1v) is 7.92. The summed E-state index contributed by atoms with van der Waals surface area (Å²) in [6.45, 7) is 0. The number of nitrogens with zero attached hydrogens (tertiary/aromatic N) is 2. The molecular weight excluding hydrogens is 334 g/mol. The van der Waals surface area contributed by atoms with Gasteiger partial charge in [-0.25, -0.2) is 4.98 Å². The molecule has 0 aliphatic rings. The minimum Gasteiger partial charge on any atom is -0.310 e. The molecule has 0 radical (unpaired) electrons. The molecule has 20 heavy (non-hydrogen) atoms. The van der Waals surface area contributed by atoms with E-state index in [-0.39, 0.29) is 0 Å². The Morgan fingerprint density at radius 2 is 2.00 bits per heavy atom. The molecule has 0 aliphatic heterocycles. The lowest BCUT2D eigenvalue weighted by molar-refractivity contribution is 0.560. The molecule has 2 rings (SSSR count). The van der Waals surface area contributed by atoms with Gasteiger partial charge in [0, 0.05) is 16.4 Å². The first-order valence-electron chi connectivity index (χ1n) is 6.14. The van der Waals surface area contributed by atoms with Gasteiger partial charge < -0.3 is 5.73 Å². The summed E-state index contributed by atoms with van der Waals surface area (Å²) in [4.78, 5) is 4.29. The molecule has 2 aromatic rings. The van der Waals surface area contributed by atoms with Crippen LogP contribution in [0.15, 0.2) is 58.2 Å². The number of hydrogen-bond acceptors (Lipinski definition) is 4. The van der Waals surface area contributed by atoms with E-state index in [1.165, 1.54) is 0 Å². The topological polar surface area (TPSA) is 62.7 Å². The molecule has 102 valence electrons. The van der Waals surface area contributed by atoms with E-state index < -0.39 is 5.54 Å². The van der Waals surface area contributed by atoms with Crippen molar-refractivity contribution in [2.45, 2.75) is 17.0 Å². The zero-order chi connectivity index (χ0) is 14.4. The highest BCUT2D eigenvalue weighted by molar-refractivity contribution is 9.10. The molecule has 3 nitrogen and oxygen atoms in total. The van der Waals surface area contributed by atoms with Crippen LogP contribution in [0.25, 0.3) is 0 Å². The normalized spacial score (nSPS) is 13.4. The molecule has 0 fully saturated rings. The van der Waals surface area contributed by atoms with Gasteiger partial charge >= 0.3 is 0 Å². The molecule has 1 heterocycles. The van der Waals surface area contributed by atoms with Crippen LogP contribution in [0, 0.1) is 11.3 Å². The Bertz CT molecular complexity index is 595. The predicted octanol–water partition coefficient (Wildman–Crippen LogP) is 3.70. The van der Waals surface area contributed by atoms with Crippen LogP contribution in [0.1, 0.15) is 12.0 Å². The van der Waals surface area contributed by atoms with Gasteiger partial charge in [0.1, 0.15) is 5.54 Å². The Balaban J connectivity index is 1.98. The van der Waals surface area contributed by atoms with E-state index in [9.17, 15) is 5.26 Å². The smallest absolute Gasteiger partial charge is 0.130 e. The molecule has 2 N–H and O–H groups in total. The summed E-state index contributed by atoms with van der Waals surface area (Å²) in [5.41, 5.74) is 6.12. The maximum atomic E-state index is 9.37. The summed E-state index contributed by atoms with van der Waals surface area (Å²) >= 11 is 4.96. The Labute approximate surface area is 131 Å². The number of benzene rings is 1. The molecule has 0 aliphatic carbocycles. The van der Waals surface area contributed by atoms with Crippen molar-refractivity contribution in [3.63, 3.8) is 0 Å². The minimum absolute atomic E-state index is 0.579. The lowest BCUT2D eigenvalue weighted by Gasteiger charge is -2.21. The lowest BCUT2D eigenvalue weighted by atomic mass is 9.90. The van der Waals surface area contributed by atoms with Crippen molar-refractivity contribution in [2.24, 2.45) is 5.73 Å². The van der Waals surface area contributed by atoms with Crippen molar-refractivity contribution in [1.29, 1.82) is 5.26 Å². The lowest BCUT2D eigenvalue weighted by Crippen LogP contribution is -2.35. The summed E-state index contributed by atoms with van der Waals surface area (Å²) in [5, 5.41) is 10.3. The summed E-state index contributed by atoms with van der Waals surface area (Å²) in [7, 11) is 0. The third kappa shape index (κ3) is 3.83. The average Bonchev–Trinajstić information content (AvgIpc) is 2.50. The molecule has 0 bridgehead atoms. The van der Waals surface area contributed by atoms with Crippen LogP contribution in [0.3, 0.4) is 0 Å². The summed E-state index contributed by atoms with van der Waals surface area (Å²) < 4.78 is 0.955. The molecule has 5 heteroatoms. The quantitative estimate of drug-likeness (QED) is 0.837. The van der Waals surface area contributed by atoms with Gasteiger partial charge in [-0.15, -0.1) is 11.8 Å². The van der Waals surface area contributed by atoms with E-state index in [1.54, 1.807) is 18.0 Å². The minimum atomic E-state index is -0.941. The van der Waals surface area contributed by atoms with Crippen molar-refractivity contribution >= 4 is 27.7 Å². The summed E-state index contributed by atoms with van der Waals surface area (Å²) in [5.74, 6) is 0.744. The van der Waals surface area contributed by atoms with Gasteiger partial charge in [0.25, 0.3) is 0 Å². The zero-order valence-electron chi connectivity index (χ0n) is 10.8. The average molecular weight is 348 g/mol. The highest BCUT2D eigenvalue weighted by Gasteiger charge is 2.26. The third-order valence-corrected chi connectivity index (χ3v) is 4.35. The molecular formula is C15H14BrN3S. The van der Waals surface area contributed by atoms with Crippen LogP contribution in [-0.4, -0.2) is 10.7 Å². The molecule has 1 aromatic heterocycles. The molecule has 0 saturated carbocycles. The van der Waals surface area contributed by atoms with E-state index in [4.69, 9.17) is 5.73 Å². The number of pyridine rings is 1. The largest absolute Gasteiger partial charge is 0.310 e. The molecule has 0 spiro atoms. The second-order valence-corrected chi connectivity index (χ2v) is 6.39. The van der Waals surface area contributed by atoms with Gasteiger partial charge in [0.05, 0.1) is 11.1 Å². The Morgan fingerprint density at radius 3 is 2.60 bits per heavy atom. The van der Waals surface area contributed by atoms with Crippen LogP contribution < -0.4 is 5.73 Å². The van der Waals surface area contributed by atoms with E-state index in [0.29, 0.717) is 6.42 Å². The van der Waals surface area contributed by atoms with Crippen molar-refractivity contribution in [2.75, 3.05) is 5.75 Å². The number of halogens is 1. The van der Waals surface area contributed by atoms with Crippen LogP contribution in [0.5, 0.6) is 0 Å². The van der Waals surface area contributed by atoms with Crippen molar-refractivity contribution in [1.82, 2.24) is 4.98 Å². The van der Waals surface area contributed by atoms with Crippen LogP contribution in [-0.2, 0) is 5.54 Å². The number of thioether (sulfide) groups is 1. The van der Waals surface area contributed by atoms with E-state index in [0.717, 1.165) is 20.8 Å². The SMILES string of the molecule is N#CC(N)(CCSc1ccc(Br)cn1)c1ccccc1. The fraction of sp³-hybridized carbons (Fsp3) is 0.200. The first kappa shape index (κ1) is 15.0. The van der Waals surface area contributed by atoms with Gasteiger partial charge in [-0.2, -0.15) is 5.26 Å². The Kier molecular flexibility index (Phi) is 5.18. The maximum absolute atomic E-state index is 9.37. The first-order chi connectivity index (χ1) is 9.64. The highest BCUT2D eigenvalue weighted by atomic mass is 79.9. The second-order valence-electron chi connectivity index (χ2n) is 4.36. The number of nitrogens with two attached hydrogens (primary N) is 1. The Morgan fingerprint density at radius 1 is 1.25 bits per heavy atom. The number of hydrogen-bond donors (Lipinski definition) is 1. The molecule has 0 saturated heterocycles.